The smallest absolute Gasteiger partial charge is 0.332 e. The van der Waals surface area contributed by atoms with Crippen LogP contribution in [0.1, 0.15) is 6.42 Å². The Morgan fingerprint density at radius 2 is 2.58 bits per heavy atom. The van der Waals surface area contributed by atoms with E-state index < -0.39 is 4.92 Å². The maximum Gasteiger partial charge on any atom is 0.332 e. The van der Waals surface area contributed by atoms with Crippen LogP contribution in [0.4, 0.5) is 0 Å². The molecule has 12 heavy (non-hydrogen) atoms. The van der Waals surface area contributed by atoms with Gasteiger partial charge in [0.15, 0.2) is 0 Å². The summed E-state index contributed by atoms with van der Waals surface area (Å²) in [5.41, 5.74) is 0.530. The van der Waals surface area contributed by atoms with Gasteiger partial charge >= 0.3 is 4.61 Å². The van der Waals surface area contributed by atoms with Gasteiger partial charge in [0.2, 0.25) is 0 Å². The zero-order valence-corrected chi connectivity index (χ0v) is 8.13. The van der Waals surface area contributed by atoms with E-state index in [4.69, 9.17) is 4.74 Å². The van der Waals surface area contributed by atoms with Gasteiger partial charge in [0.05, 0.1) is 4.92 Å². The van der Waals surface area contributed by atoms with E-state index >= 15 is 0 Å². The second kappa shape index (κ2) is 3.86. The van der Waals surface area contributed by atoms with Crippen molar-refractivity contribution in [1.29, 1.82) is 0 Å². The van der Waals surface area contributed by atoms with Crippen molar-refractivity contribution in [2.45, 2.75) is 12.5 Å². The minimum Gasteiger partial charge on any atom is -0.380 e. The predicted octanol–water partition coefficient (Wildman–Crippen LogP) is 0.835. The molecule has 0 aromatic carbocycles. The first-order valence-corrected chi connectivity index (χ1v) is 4.27. The standard InChI is InChI=1S/C6H9BrN2O3/c1-12-4-2-3-8-5(4)6(7)9(10)11/h4,8H,2-3H2,1H3. The van der Waals surface area contributed by atoms with Crippen molar-refractivity contribution < 1.29 is 9.66 Å². The van der Waals surface area contributed by atoms with Gasteiger partial charge in [-0.05, 0) is 6.42 Å². The molecule has 5 nitrogen and oxygen atoms in total. The molecule has 0 spiro atoms. The Morgan fingerprint density at radius 1 is 1.92 bits per heavy atom. The lowest BCUT2D eigenvalue weighted by atomic mass is 10.3. The van der Waals surface area contributed by atoms with E-state index in [1.54, 1.807) is 0 Å². The highest BCUT2D eigenvalue weighted by atomic mass is 79.9. The second-order valence-electron chi connectivity index (χ2n) is 2.40. The summed E-state index contributed by atoms with van der Waals surface area (Å²) in [5, 5.41) is 13.3. The van der Waals surface area contributed by atoms with Gasteiger partial charge in [0.1, 0.15) is 11.8 Å². The maximum atomic E-state index is 10.4. The molecule has 1 atom stereocenters. The zero-order chi connectivity index (χ0) is 9.14. The Labute approximate surface area is 78.1 Å². The van der Waals surface area contributed by atoms with Gasteiger partial charge in [-0.15, -0.1) is 0 Å². The van der Waals surface area contributed by atoms with Crippen LogP contribution in [0.25, 0.3) is 0 Å². The van der Waals surface area contributed by atoms with Crippen molar-refractivity contribution in [3.8, 4) is 0 Å². The normalized spacial score (nSPS) is 26.7. The SMILES string of the molecule is COC1CCNC1=C(Br)[N+](=O)[O-]. The van der Waals surface area contributed by atoms with Crippen LogP contribution in [0, 0.1) is 10.1 Å². The highest BCUT2D eigenvalue weighted by Gasteiger charge is 2.28. The monoisotopic (exact) mass is 236 g/mol. The minimum atomic E-state index is -0.473. The fraction of sp³-hybridized carbons (Fsp3) is 0.667. The highest BCUT2D eigenvalue weighted by Crippen LogP contribution is 2.21. The zero-order valence-electron chi connectivity index (χ0n) is 6.54. The van der Waals surface area contributed by atoms with E-state index in [0.717, 1.165) is 13.0 Å². The molecule has 1 heterocycles. The maximum absolute atomic E-state index is 10.4. The van der Waals surface area contributed by atoms with E-state index in [1.165, 1.54) is 7.11 Å². The molecule has 0 bridgehead atoms. The molecule has 1 N–H and O–H groups in total. The number of nitro groups is 1. The van der Waals surface area contributed by atoms with E-state index in [2.05, 4.69) is 21.2 Å². The van der Waals surface area contributed by atoms with Crippen LogP contribution in [0.5, 0.6) is 0 Å². The Balaban J connectivity index is 2.84. The first-order chi connectivity index (χ1) is 5.66. The summed E-state index contributed by atoms with van der Waals surface area (Å²) in [7, 11) is 1.54. The first kappa shape index (κ1) is 9.47. The van der Waals surface area contributed by atoms with Crippen molar-refractivity contribution in [2.75, 3.05) is 13.7 Å². The number of halogens is 1. The van der Waals surface area contributed by atoms with E-state index in [0.29, 0.717) is 5.70 Å². The molecule has 68 valence electrons. The van der Waals surface area contributed by atoms with Crippen LogP contribution in [0.2, 0.25) is 0 Å². The Bertz CT molecular complexity index is 229. The second-order valence-corrected chi connectivity index (χ2v) is 3.15. The lowest BCUT2D eigenvalue weighted by molar-refractivity contribution is -0.410. The predicted molar refractivity (Wildman–Crippen MR) is 46.4 cm³/mol. The largest absolute Gasteiger partial charge is 0.380 e. The summed E-state index contributed by atoms with van der Waals surface area (Å²) in [6.07, 6.45) is 0.596. The van der Waals surface area contributed by atoms with E-state index in [-0.39, 0.29) is 10.7 Å². The molecule has 1 unspecified atom stereocenters. The quantitative estimate of drug-likeness (QED) is 0.439. The molecule has 0 aromatic heterocycles. The third-order valence-corrected chi connectivity index (χ3v) is 2.43. The van der Waals surface area contributed by atoms with Gasteiger partial charge in [0, 0.05) is 29.6 Å². The summed E-state index contributed by atoms with van der Waals surface area (Å²) >= 11 is 2.89. The lowest BCUT2D eigenvalue weighted by Gasteiger charge is -2.06. The Hall–Kier alpha value is -0.620. The molecule has 1 aliphatic rings. The average molecular weight is 237 g/mol. The van der Waals surface area contributed by atoms with Gasteiger partial charge in [-0.2, -0.15) is 0 Å². The number of methoxy groups -OCH3 is 1. The molecule has 0 aliphatic carbocycles. The Kier molecular flexibility index (Phi) is 3.05. The molecule has 1 rings (SSSR count). The van der Waals surface area contributed by atoms with Crippen molar-refractivity contribution in [2.24, 2.45) is 0 Å². The van der Waals surface area contributed by atoms with Crippen LogP contribution in [-0.4, -0.2) is 24.7 Å². The van der Waals surface area contributed by atoms with Gasteiger partial charge in [-0.25, -0.2) is 0 Å². The van der Waals surface area contributed by atoms with Gasteiger partial charge in [0.25, 0.3) is 0 Å². The third kappa shape index (κ3) is 1.75. The summed E-state index contributed by atoms with van der Waals surface area (Å²) < 4.78 is 5.00. The molecule has 0 radical (unpaired) electrons. The molecule has 1 aliphatic heterocycles. The van der Waals surface area contributed by atoms with Gasteiger partial charge in [-0.1, -0.05) is 0 Å². The molecule has 1 saturated heterocycles. The molecular weight excluding hydrogens is 228 g/mol. The number of hydrogen-bond acceptors (Lipinski definition) is 4. The third-order valence-electron chi connectivity index (χ3n) is 1.71. The van der Waals surface area contributed by atoms with Crippen LogP contribution in [0.3, 0.4) is 0 Å². The number of rotatable bonds is 2. The van der Waals surface area contributed by atoms with Crippen molar-refractivity contribution in [3.05, 3.63) is 20.4 Å². The molecule has 0 saturated carbocycles. The number of nitrogens with zero attached hydrogens (tertiary/aromatic N) is 1. The molecule has 1 fully saturated rings. The summed E-state index contributed by atoms with van der Waals surface area (Å²) in [5.74, 6) is 0. The number of hydrogen-bond donors (Lipinski definition) is 1. The lowest BCUT2D eigenvalue weighted by Crippen LogP contribution is -2.16. The molecule has 0 amide bonds. The minimum absolute atomic E-state index is 0.0353. The van der Waals surface area contributed by atoms with Gasteiger partial charge in [-0.3, -0.25) is 10.1 Å². The van der Waals surface area contributed by atoms with Crippen LogP contribution in [-0.2, 0) is 4.74 Å². The van der Waals surface area contributed by atoms with Crippen molar-refractivity contribution in [1.82, 2.24) is 5.32 Å². The van der Waals surface area contributed by atoms with E-state index in [1.807, 2.05) is 0 Å². The fourth-order valence-corrected chi connectivity index (χ4v) is 1.53. The summed E-state index contributed by atoms with van der Waals surface area (Å²) in [6.45, 7) is 0.719. The first-order valence-electron chi connectivity index (χ1n) is 3.47. The molecule has 0 aromatic rings. The summed E-state index contributed by atoms with van der Waals surface area (Å²) in [6, 6.07) is 0. The Morgan fingerprint density at radius 3 is 3.08 bits per heavy atom. The highest BCUT2D eigenvalue weighted by molar-refractivity contribution is 9.11. The van der Waals surface area contributed by atoms with Crippen molar-refractivity contribution in [3.63, 3.8) is 0 Å². The topological polar surface area (TPSA) is 64.4 Å². The summed E-state index contributed by atoms with van der Waals surface area (Å²) in [4.78, 5) is 9.88. The average Bonchev–Trinajstić information content (AvgIpc) is 2.49. The molecule has 6 heteroatoms. The van der Waals surface area contributed by atoms with Crippen molar-refractivity contribution >= 4 is 15.9 Å². The van der Waals surface area contributed by atoms with E-state index in [9.17, 15) is 10.1 Å². The van der Waals surface area contributed by atoms with Crippen LogP contribution in [0.15, 0.2) is 10.3 Å². The number of ether oxygens (including phenoxy) is 1. The molecular formula is C6H9BrN2O3. The van der Waals surface area contributed by atoms with Crippen LogP contribution < -0.4 is 5.32 Å². The number of nitrogens with one attached hydrogen (secondary N) is 1. The van der Waals surface area contributed by atoms with Crippen LogP contribution >= 0.6 is 15.9 Å². The fourth-order valence-electron chi connectivity index (χ4n) is 1.14. The van der Waals surface area contributed by atoms with Gasteiger partial charge < -0.3 is 10.1 Å².